The number of fused-ring (bicyclic) bond motifs is 1. The summed E-state index contributed by atoms with van der Waals surface area (Å²) in [6, 6.07) is 8.42. The molecule has 3 fully saturated rings. The van der Waals surface area contributed by atoms with Crippen LogP contribution in [0.3, 0.4) is 0 Å². The van der Waals surface area contributed by atoms with Gasteiger partial charge in [-0.15, -0.1) is 0 Å². The summed E-state index contributed by atoms with van der Waals surface area (Å²) in [4.78, 5) is 20.0. The number of benzene rings is 1. The first kappa shape index (κ1) is 16.8. The fraction of sp³-hybridized carbons (Fsp3) is 0.524. The smallest absolute Gasteiger partial charge is 0.231 e. The highest BCUT2D eigenvalue weighted by atomic mass is 16.5. The molecule has 0 unspecified atom stereocenters. The molecule has 2 saturated heterocycles. The molecule has 1 aromatic carbocycles. The second kappa shape index (κ2) is 6.37. The number of carbonyl (C=O) groups excluding carboxylic acids is 1. The molecule has 3 atom stereocenters. The van der Waals surface area contributed by atoms with Gasteiger partial charge in [-0.2, -0.15) is 0 Å². The predicted molar refractivity (Wildman–Crippen MR) is 101 cm³/mol. The summed E-state index contributed by atoms with van der Waals surface area (Å²) in [5, 5.41) is 3.52. The molecule has 1 aromatic heterocycles. The van der Waals surface area contributed by atoms with Gasteiger partial charge in [0, 0.05) is 44.5 Å². The lowest BCUT2D eigenvalue weighted by molar-refractivity contribution is -0.139. The summed E-state index contributed by atoms with van der Waals surface area (Å²) in [7, 11) is 1.68. The van der Waals surface area contributed by atoms with Crippen molar-refractivity contribution in [1.29, 1.82) is 0 Å². The number of methoxy groups -OCH3 is 1. The average Bonchev–Trinajstić information content (AvgIpc) is 3.05. The summed E-state index contributed by atoms with van der Waals surface area (Å²) in [5.41, 5.74) is 0.982. The molecule has 3 aliphatic rings. The first-order valence-corrected chi connectivity index (χ1v) is 9.82. The van der Waals surface area contributed by atoms with Crippen LogP contribution in [0.25, 0.3) is 0 Å². The second-order valence-corrected chi connectivity index (χ2v) is 8.27. The predicted octanol–water partition coefficient (Wildman–Crippen LogP) is 2.09. The highest BCUT2D eigenvalue weighted by molar-refractivity contribution is 5.86. The van der Waals surface area contributed by atoms with Crippen LogP contribution in [0.4, 0.5) is 0 Å². The molecule has 0 spiro atoms. The van der Waals surface area contributed by atoms with Crippen LogP contribution >= 0.6 is 0 Å². The number of aromatic nitrogens is 2. The normalized spacial score (nSPS) is 28.2. The Morgan fingerprint density at radius 2 is 2.11 bits per heavy atom. The Kier molecular flexibility index (Phi) is 3.97. The van der Waals surface area contributed by atoms with Crippen LogP contribution in [0.2, 0.25) is 0 Å². The van der Waals surface area contributed by atoms with Gasteiger partial charge in [-0.05, 0) is 36.5 Å². The number of carbonyl (C=O) groups is 1. The number of nitrogens with one attached hydrogen (secondary N) is 1. The van der Waals surface area contributed by atoms with Gasteiger partial charge in [0.15, 0.2) is 0 Å². The zero-order chi connectivity index (χ0) is 18.4. The molecule has 142 valence electrons. The molecule has 0 radical (unpaired) electrons. The Hall–Kier alpha value is -2.34. The van der Waals surface area contributed by atoms with Gasteiger partial charge >= 0.3 is 0 Å². The molecule has 27 heavy (non-hydrogen) atoms. The number of rotatable bonds is 5. The lowest BCUT2D eigenvalue weighted by Crippen LogP contribution is -2.41. The SMILES string of the molecule is COc1ccc([C@H]2[C@H]3CNC[C@H]3CN2C(=O)C2(Cn3ccnc3)CC2)cc1. The molecule has 6 nitrogen and oxygen atoms in total. The fourth-order valence-corrected chi connectivity index (χ4v) is 4.98. The van der Waals surface area contributed by atoms with Crippen molar-refractivity contribution in [3.8, 4) is 5.75 Å². The van der Waals surface area contributed by atoms with Gasteiger partial charge in [0.2, 0.25) is 5.91 Å². The zero-order valence-corrected chi connectivity index (χ0v) is 15.7. The maximum Gasteiger partial charge on any atom is 0.231 e. The molecule has 0 bridgehead atoms. The maximum absolute atomic E-state index is 13.6. The van der Waals surface area contributed by atoms with Crippen molar-refractivity contribution in [1.82, 2.24) is 19.8 Å². The van der Waals surface area contributed by atoms with Gasteiger partial charge in [0.25, 0.3) is 0 Å². The third-order valence-electron chi connectivity index (χ3n) is 6.63. The topological polar surface area (TPSA) is 59.4 Å². The van der Waals surface area contributed by atoms with Gasteiger partial charge in [-0.3, -0.25) is 4.79 Å². The van der Waals surface area contributed by atoms with Crippen molar-refractivity contribution in [2.45, 2.75) is 25.4 Å². The van der Waals surface area contributed by atoms with Crippen molar-refractivity contribution < 1.29 is 9.53 Å². The molecular formula is C21H26N4O2. The number of likely N-dealkylation sites (tertiary alicyclic amines) is 1. The van der Waals surface area contributed by atoms with Crippen molar-refractivity contribution in [2.24, 2.45) is 17.3 Å². The first-order chi connectivity index (χ1) is 13.2. The number of ether oxygens (including phenoxy) is 1. The minimum Gasteiger partial charge on any atom is -0.497 e. The van der Waals surface area contributed by atoms with E-state index in [1.807, 2.05) is 29.2 Å². The quantitative estimate of drug-likeness (QED) is 0.880. The van der Waals surface area contributed by atoms with Crippen LogP contribution in [-0.2, 0) is 11.3 Å². The minimum atomic E-state index is -0.239. The lowest BCUT2D eigenvalue weighted by atomic mass is 9.89. The summed E-state index contributed by atoms with van der Waals surface area (Å²) in [6.45, 7) is 3.60. The highest BCUT2D eigenvalue weighted by Gasteiger charge is 2.56. The molecule has 1 saturated carbocycles. The number of nitrogens with zero attached hydrogens (tertiary/aromatic N) is 3. The van der Waals surface area contributed by atoms with Crippen molar-refractivity contribution >= 4 is 5.91 Å². The van der Waals surface area contributed by atoms with E-state index in [0.29, 0.717) is 17.7 Å². The van der Waals surface area contributed by atoms with Crippen LogP contribution in [0, 0.1) is 17.3 Å². The van der Waals surface area contributed by atoms with E-state index in [4.69, 9.17) is 4.74 Å². The van der Waals surface area contributed by atoms with Crippen LogP contribution in [0.15, 0.2) is 43.0 Å². The van der Waals surface area contributed by atoms with E-state index < -0.39 is 0 Å². The van der Waals surface area contributed by atoms with E-state index in [2.05, 4.69) is 27.3 Å². The average molecular weight is 366 g/mol. The van der Waals surface area contributed by atoms with Gasteiger partial charge in [0.05, 0.1) is 24.9 Å². The van der Waals surface area contributed by atoms with Crippen molar-refractivity contribution in [3.05, 3.63) is 48.5 Å². The molecule has 2 aromatic rings. The summed E-state index contributed by atoms with van der Waals surface area (Å²) in [5.74, 6) is 2.22. The number of amides is 1. The van der Waals surface area contributed by atoms with Crippen molar-refractivity contribution in [3.63, 3.8) is 0 Å². The van der Waals surface area contributed by atoms with Gasteiger partial charge in [-0.1, -0.05) is 12.1 Å². The Morgan fingerprint density at radius 3 is 2.78 bits per heavy atom. The molecule has 1 N–H and O–H groups in total. The molecule has 3 heterocycles. The largest absolute Gasteiger partial charge is 0.497 e. The second-order valence-electron chi connectivity index (χ2n) is 8.27. The highest BCUT2D eigenvalue weighted by Crippen LogP contribution is 2.53. The molecule has 2 aliphatic heterocycles. The first-order valence-electron chi connectivity index (χ1n) is 9.82. The van der Waals surface area contributed by atoms with Crippen LogP contribution in [-0.4, -0.2) is 47.1 Å². The van der Waals surface area contributed by atoms with E-state index in [1.54, 1.807) is 13.3 Å². The number of imidazole rings is 1. The zero-order valence-electron chi connectivity index (χ0n) is 15.7. The fourth-order valence-electron chi connectivity index (χ4n) is 4.98. The Morgan fingerprint density at radius 1 is 1.30 bits per heavy atom. The molecule has 1 aliphatic carbocycles. The van der Waals surface area contributed by atoms with E-state index in [0.717, 1.165) is 44.8 Å². The summed E-state index contributed by atoms with van der Waals surface area (Å²) < 4.78 is 7.36. The van der Waals surface area contributed by atoms with E-state index in [-0.39, 0.29) is 11.5 Å². The third kappa shape index (κ3) is 2.83. The van der Waals surface area contributed by atoms with Crippen LogP contribution in [0.1, 0.15) is 24.4 Å². The van der Waals surface area contributed by atoms with Crippen LogP contribution < -0.4 is 10.1 Å². The maximum atomic E-state index is 13.6. The Balaban J connectivity index is 1.43. The van der Waals surface area contributed by atoms with Crippen molar-refractivity contribution in [2.75, 3.05) is 26.7 Å². The van der Waals surface area contributed by atoms with Gasteiger partial charge in [-0.25, -0.2) is 4.98 Å². The Bertz CT molecular complexity index is 813. The standard InChI is InChI=1S/C21H26N4O2/c1-27-17-4-2-15(3-5-17)19-18-11-23-10-16(18)12-25(19)20(26)21(6-7-21)13-24-9-8-22-14-24/h2-5,8-9,14,16,18-19,23H,6-7,10-13H2,1H3/t16-,18-,19-/m0/s1. The van der Waals surface area contributed by atoms with Gasteiger partial charge < -0.3 is 19.5 Å². The minimum absolute atomic E-state index is 0.156. The van der Waals surface area contributed by atoms with E-state index in [9.17, 15) is 4.79 Å². The van der Waals surface area contributed by atoms with Crippen LogP contribution in [0.5, 0.6) is 5.75 Å². The molecule has 5 rings (SSSR count). The molecular weight excluding hydrogens is 340 g/mol. The molecule has 1 amide bonds. The monoisotopic (exact) mass is 366 g/mol. The Labute approximate surface area is 159 Å². The molecule has 6 heteroatoms. The third-order valence-corrected chi connectivity index (χ3v) is 6.63. The van der Waals surface area contributed by atoms with E-state index >= 15 is 0 Å². The lowest BCUT2D eigenvalue weighted by Gasteiger charge is -2.32. The summed E-state index contributed by atoms with van der Waals surface area (Å²) in [6.07, 6.45) is 7.51. The number of hydrogen-bond acceptors (Lipinski definition) is 4. The van der Waals surface area contributed by atoms with E-state index in [1.165, 1.54) is 5.56 Å². The number of hydrogen-bond donors (Lipinski definition) is 1. The summed E-state index contributed by atoms with van der Waals surface area (Å²) >= 11 is 0. The van der Waals surface area contributed by atoms with Gasteiger partial charge in [0.1, 0.15) is 5.75 Å².